The topological polar surface area (TPSA) is 23.5 Å². The van der Waals surface area contributed by atoms with Crippen LogP contribution < -0.4 is 0 Å². The second kappa shape index (κ2) is 5.65. The Balaban J connectivity index is 2.23. The van der Waals surface area contributed by atoms with Gasteiger partial charge < -0.3 is 5.11 Å². The molecule has 1 saturated heterocycles. The molecule has 1 N–H and O–H groups in total. The fourth-order valence-corrected chi connectivity index (χ4v) is 2.41. The molecule has 2 atom stereocenters. The first-order valence-electron chi connectivity index (χ1n) is 6.23. The molecular formula is C13H14F5NO. The molecule has 0 amide bonds. The van der Waals surface area contributed by atoms with Crippen molar-refractivity contribution in [1.82, 2.24) is 4.90 Å². The van der Waals surface area contributed by atoms with E-state index in [9.17, 15) is 27.1 Å². The summed E-state index contributed by atoms with van der Waals surface area (Å²) in [6, 6.07) is 0. The van der Waals surface area contributed by atoms with Crippen molar-refractivity contribution >= 4 is 0 Å². The van der Waals surface area contributed by atoms with Gasteiger partial charge in [-0.25, -0.2) is 22.0 Å². The SMILES string of the molecule is CC(O)C1CCN(Cc2c(F)c(F)c(F)c(F)c2F)C1. The molecular weight excluding hydrogens is 281 g/mol. The minimum atomic E-state index is -2.15. The maximum atomic E-state index is 13.5. The summed E-state index contributed by atoms with van der Waals surface area (Å²) in [4.78, 5) is 1.57. The van der Waals surface area contributed by atoms with Crippen molar-refractivity contribution in [2.24, 2.45) is 5.92 Å². The predicted molar refractivity (Wildman–Crippen MR) is 61.3 cm³/mol. The van der Waals surface area contributed by atoms with E-state index in [1.807, 2.05) is 0 Å². The van der Waals surface area contributed by atoms with Gasteiger partial charge >= 0.3 is 0 Å². The number of aliphatic hydroxyl groups excluding tert-OH is 1. The summed E-state index contributed by atoms with van der Waals surface area (Å²) >= 11 is 0. The van der Waals surface area contributed by atoms with E-state index >= 15 is 0 Å². The van der Waals surface area contributed by atoms with Gasteiger partial charge in [-0.3, -0.25) is 4.90 Å². The Morgan fingerprint density at radius 1 is 1.05 bits per heavy atom. The second-order valence-corrected chi connectivity index (χ2v) is 5.07. The predicted octanol–water partition coefficient (Wildman–Crippen LogP) is 2.58. The summed E-state index contributed by atoms with van der Waals surface area (Å²) in [7, 11) is 0. The normalized spacial score (nSPS) is 21.4. The summed E-state index contributed by atoms with van der Waals surface area (Å²) in [5, 5.41) is 9.43. The number of hydrogen-bond acceptors (Lipinski definition) is 2. The zero-order chi connectivity index (χ0) is 15.0. The molecule has 112 valence electrons. The Labute approximate surface area is 112 Å². The first kappa shape index (κ1) is 15.2. The number of halogens is 5. The zero-order valence-electron chi connectivity index (χ0n) is 10.8. The molecule has 1 aromatic carbocycles. The number of rotatable bonds is 3. The van der Waals surface area contributed by atoms with E-state index in [1.165, 1.54) is 0 Å². The highest BCUT2D eigenvalue weighted by atomic mass is 19.2. The number of hydrogen-bond donors (Lipinski definition) is 1. The van der Waals surface area contributed by atoms with Crippen molar-refractivity contribution in [3.05, 3.63) is 34.6 Å². The van der Waals surface area contributed by atoms with Crippen molar-refractivity contribution in [2.75, 3.05) is 13.1 Å². The average molecular weight is 295 g/mol. The van der Waals surface area contributed by atoms with Crippen LogP contribution in [0.2, 0.25) is 0 Å². The highest BCUT2D eigenvalue weighted by Gasteiger charge is 2.30. The van der Waals surface area contributed by atoms with Crippen LogP contribution >= 0.6 is 0 Å². The molecule has 1 fully saturated rings. The number of likely N-dealkylation sites (tertiary alicyclic amines) is 1. The van der Waals surface area contributed by atoms with Crippen LogP contribution in [0.3, 0.4) is 0 Å². The first-order chi connectivity index (χ1) is 9.32. The maximum absolute atomic E-state index is 13.5. The van der Waals surface area contributed by atoms with Crippen molar-refractivity contribution in [2.45, 2.75) is 26.0 Å². The van der Waals surface area contributed by atoms with Crippen molar-refractivity contribution in [3.63, 3.8) is 0 Å². The van der Waals surface area contributed by atoms with Crippen molar-refractivity contribution in [1.29, 1.82) is 0 Å². The summed E-state index contributed by atoms with van der Waals surface area (Å²) in [5.41, 5.74) is -0.826. The van der Waals surface area contributed by atoms with Gasteiger partial charge in [-0.15, -0.1) is 0 Å². The summed E-state index contributed by atoms with van der Waals surface area (Å²) in [5.74, 6) is -9.64. The minimum absolute atomic E-state index is 0.0590. The van der Waals surface area contributed by atoms with Crippen LogP contribution in [0.15, 0.2) is 0 Å². The van der Waals surface area contributed by atoms with E-state index < -0.39 is 40.8 Å². The smallest absolute Gasteiger partial charge is 0.200 e. The van der Waals surface area contributed by atoms with E-state index in [-0.39, 0.29) is 12.5 Å². The van der Waals surface area contributed by atoms with Gasteiger partial charge in [-0.1, -0.05) is 0 Å². The largest absolute Gasteiger partial charge is 0.393 e. The summed E-state index contributed by atoms with van der Waals surface area (Å²) in [6.07, 6.45) is 0.0453. The molecule has 1 aliphatic heterocycles. The van der Waals surface area contributed by atoms with Gasteiger partial charge in [0.2, 0.25) is 5.82 Å². The maximum Gasteiger partial charge on any atom is 0.200 e. The van der Waals surface area contributed by atoms with Gasteiger partial charge in [-0.2, -0.15) is 0 Å². The monoisotopic (exact) mass is 295 g/mol. The van der Waals surface area contributed by atoms with Crippen molar-refractivity contribution < 1.29 is 27.1 Å². The lowest BCUT2D eigenvalue weighted by atomic mass is 10.0. The van der Waals surface area contributed by atoms with Gasteiger partial charge in [-0.05, 0) is 25.8 Å². The fourth-order valence-electron chi connectivity index (χ4n) is 2.41. The van der Waals surface area contributed by atoms with E-state index in [2.05, 4.69) is 0 Å². The lowest BCUT2D eigenvalue weighted by Crippen LogP contribution is -2.25. The Morgan fingerprint density at radius 2 is 1.55 bits per heavy atom. The Hall–Kier alpha value is -1.21. The third kappa shape index (κ3) is 2.64. The first-order valence-corrected chi connectivity index (χ1v) is 6.23. The molecule has 2 nitrogen and oxygen atoms in total. The van der Waals surface area contributed by atoms with Gasteiger partial charge in [0.25, 0.3) is 0 Å². The molecule has 0 radical (unpaired) electrons. The lowest BCUT2D eigenvalue weighted by molar-refractivity contribution is 0.127. The van der Waals surface area contributed by atoms with Crippen molar-refractivity contribution in [3.8, 4) is 0 Å². The zero-order valence-corrected chi connectivity index (χ0v) is 10.8. The van der Waals surface area contributed by atoms with Crippen LogP contribution in [0.5, 0.6) is 0 Å². The van der Waals surface area contributed by atoms with Crippen LogP contribution in [0, 0.1) is 35.0 Å². The number of aliphatic hydroxyl groups is 1. The third-order valence-corrected chi connectivity index (χ3v) is 3.67. The van der Waals surface area contributed by atoms with Gasteiger partial charge in [0.05, 0.1) is 6.10 Å². The quantitative estimate of drug-likeness (QED) is 0.526. The number of nitrogens with zero attached hydrogens (tertiary/aromatic N) is 1. The van der Waals surface area contributed by atoms with Gasteiger partial charge in [0, 0.05) is 18.7 Å². The molecule has 20 heavy (non-hydrogen) atoms. The molecule has 1 aromatic rings. The number of benzene rings is 1. The van der Waals surface area contributed by atoms with Gasteiger partial charge in [0.1, 0.15) is 0 Å². The molecule has 0 bridgehead atoms. The molecule has 1 aliphatic rings. The van der Waals surface area contributed by atoms with E-state index in [1.54, 1.807) is 11.8 Å². The molecule has 2 unspecified atom stereocenters. The highest BCUT2D eigenvalue weighted by Crippen LogP contribution is 2.27. The standard InChI is InChI=1S/C13H14F5NO/c1-6(20)7-2-3-19(4-7)5-8-9(14)11(16)13(18)12(17)10(8)15/h6-7,20H,2-5H2,1H3. The van der Waals surface area contributed by atoms with Crippen LogP contribution in [0.1, 0.15) is 18.9 Å². The Morgan fingerprint density at radius 3 is 2.00 bits per heavy atom. The second-order valence-electron chi connectivity index (χ2n) is 5.07. The minimum Gasteiger partial charge on any atom is -0.393 e. The van der Waals surface area contributed by atoms with Crippen LogP contribution in [-0.4, -0.2) is 29.2 Å². The lowest BCUT2D eigenvalue weighted by Gasteiger charge is -2.18. The van der Waals surface area contributed by atoms with Gasteiger partial charge in [0.15, 0.2) is 23.3 Å². The van der Waals surface area contributed by atoms with E-state index in [0.717, 1.165) is 0 Å². The Bertz CT molecular complexity index is 491. The van der Waals surface area contributed by atoms with Crippen LogP contribution in [0.4, 0.5) is 22.0 Å². The molecule has 0 spiro atoms. The molecule has 2 rings (SSSR count). The summed E-state index contributed by atoms with van der Waals surface area (Å²) in [6.45, 7) is 2.04. The fraction of sp³-hybridized carbons (Fsp3) is 0.538. The molecule has 7 heteroatoms. The average Bonchev–Trinajstić information content (AvgIpc) is 2.88. The summed E-state index contributed by atoms with van der Waals surface area (Å²) < 4.78 is 66.1. The van der Waals surface area contributed by atoms with Crippen LogP contribution in [0.25, 0.3) is 0 Å². The van der Waals surface area contributed by atoms with E-state index in [4.69, 9.17) is 0 Å². The van der Waals surface area contributed by atoms with Crippen LogP contribution in [-0.2, 0) is 6.54 Å². The van der Waals surface area contributed by atoms with E-state index in [0.29, 0.717) is 19.5 Å². The molecule has 0 saturated carbocycles. The Kier molecular flexibility index (Phi) is 4.29. The highest BCUT2D eigenvalue weighted by molar-refractivity contribution is 5.24. The molecule has 0 aromatic heterocycles. The molecule has 0 aliphatic carbocycles. The third-order valence-electron chi connectivity index (χ3n) is 3.67. The molecule has 1 heterocycles.